The zero-order valence-corrected chi connectivity index (χ0v) is 7.87. The molecule has 0 unspecified atom stereocenters. The van der Waals surface area contributed by atoms with Gasteiger partial charge in [0.05, 0.1) is 10.0 Å². The van der Waals surface area contributed by atoms with Crippen LogP contribution >= 0.6 is 27.3 Å². The van der Waals surface area contributed by atoms with Gasteiger partial charge in [-0.15, -0.1) is 11.3 Å². The van der Waals surface area contributed by atoms with Gasteiger partial charge in [-0.25, -0.2) is 0 Å². The monoisotopic (exact) mass is 218 g/mol. The first-order valence-electron chi connectivity index (χ1n) is 2.78. The van der Waals surface area contributed by atoms with Crippen molar-refractivity contribution in [2.75, 3.05) is 7.05 Å². The molecule has 1 N–H and O–H groups in total. The van der Waals surface area contributed by atoms with Crippen molar-refractivity contribution < 1.29 is 0 Å². The van der Waals surface area contributed by atoms with E-state index in [-0.39, 0.29) is 0 Å². The summed E-state index contributed by atoms with van der Waals surface area (Å²) >= 11 is 5.02. The average Bonchev–Trinajstić information content (AvgIpc) is 2.31. The highest BCUT2D eigenvalue weighted by molar-refractivity contribution is 9.11. The van der Waals surface area contributed by atoms with E-state index in [0.29, 0.717) is 0 Å². The lowest BCUT2D eigenvalue weighted by molar-refractivity contribution is 0.908. The molecule has 0 amide bonds. The number of hydrogen-bond donors (Lipinski definition) is 1. The van der Waals surface area contributed by atoms with Crippen LogP contribution in [0.3, 0.4) is 0 Å². The lowest BCUT2D eigenvalue weighted by atomic mass is 10.5. The third kappa shape index (κ3) is 2.11. The van der Waals surface area contributed by atoms with Crippen molar-refractivity contribution in [3.8, 4) is 0 Å². The van der Waals surface area contributed by atoms with Crippen LogP contribution in [0.15, 0.2) is 21.0 Å². The maximum absolute atomic E-state index is 3.87. The molecule has 0 saturated heterocycles. The Balaban J connectivity index is 2.67. The number of hydrazone groups is 1. The van der Waals surface area contributed by atoms with Crippen molar-refractivity contribution in [2.24, 2.45) is 5.10 Å². The molecule has 0 aliphatic rings. The molecule has 1 aromatic rings. The second kappa shape index (κ2) is 3.73. The second-order valence-electron chi connectivity index (χ2n) is 1.62. The molecule has 0 aliphatic carbocycles. The van der Waals surface area contributed by atoms with Crippen LogP contribution in [0.25, 0.3) is 0 Å². The quantitative estimate of drug-likeness (QED) is 0.597. The summed E-state index contributed by atoms with van der Waals surface area (Å²) in [7, 11) is 1.78. The van der Waals surface area contributed by atoms with Gasteiger partial charge in [-0.1, -0.05) is 0 Å². The Kier molecular flexibility index (Phi) is 2.89. The Morgan fingerprint density at radius 2 is 2.50 bits per heavy atom. The van der Waals surface area contributed by atoms with Gasteiger partial charge in [-0.2, -0.15) is 5.10 Å². The molecule has 0 spiro atoms. The Bertz CT molecular complexity index is 231. The fourth-order valence-electron chi connectivity index (χ4n) is 0.526. The molecular weight excluding hydrogens is 212 g/mol. The summed E-state index contributed by atoms with van der Waals surface area (Å²) < 4.78 is 1.13. The molecule has 10 heavy (non-hydrogen) atoms. The maximum atomic E-state index is 3.87. The van der Waals surface area contributed by atoms with Gasteiger partial charge < -0.3 is 5.43 Å². The maximum Gasteiger partial charge on any atom is 0.0705 e. The van der Waals surface area contributed by atoms with Crippen molar-refractivity contribution >= 4 is 33.5 Å². The van der Waals surface area contributed by atoms with E-state index in [1.165, 1.54) is 0 Å². The highest BCUT2D eigenvalue weighted by atomic mass is 79.9. The fraction of sp³-hybridized carbons (Fsp3) is 0.167. The Hall–Kier alpha value is -0.350. The van der Waals surface area contributed by atoms with Crippen molar-refractivity contribution in [3.05, 3.63) is 20.8 Å². The van der Waals surface area contributed by atoms with Crippen LogP contribution in [0.4, 0.5) is 0 Å². The lowest BCUT2D eigenvalue weighted by Gasteiger charge is -1.82. The molecule has 0 aliphatic heterocycles. The molecule has 0 fully saturated rings. The van der Waals surface area contributed by atoms with Crippen LogP contribution in [-0.4, -0.2) is 13.3 Å². The number of hydrogen-bond acceptors (Lipinski definition) is 3. The number of thiophene rings is 1. The van der Waals surface area contributed by atoms with E-state index in [4.69, 9.17) is 0 Å². The fourth-order valence-corrected chi connectivity index (χ4v) is 1.82. The second-order valence-corrected chi connectivity index (χ2v) is 4.12. The first kappa shape index (κ1) is 7.75. The number of nitrogens with one attached hydrogen (secondary N) is 1. The molecule has 4 heteroatoms. The normalized spacial score (nSPS) is 10.6. The average molecular weight is 219 g/mol. The minimum Gasteiger partial charge on any atom is -0.313 e. The standard InChI is InChI=1S/C6H7BrN2S/c1-8-9-4-5-2-3-6(7)10-5/h2-4,8H,1H3/b9-4+. The van der Waals surface area contributed by atoms with Crippen LogP contribution < -0.4 is 5.43 Å². The summed E-state index contributed by atoms with van der Waals surface area (Å²) in [6.45, 7) is 0. The zero-order valence-electron chi connectivity index (χ0n) is 5.47. The Morgan fingerprint density at radius 1 is 1.70 bits per heavy atom. The molecule has 1 heterocycles. The van der Waals surface area contributed by atoms with E-state index in [1.807, 2.05) is 12.1 Å². The van der Waals surface area contributed by atoms with Crippen molar-refractivity contribution in [2.45, 2.75) is 0 Å². The van der Waals surface area contributed by atoms with Gasteiger partial charge in [0.1, 0.15) is 0 Å². The first-order chi connectivity index (χ1) is 4.83. The van der Waals surface area contributed by atoms with Crippen molar-refractivity contribution in [3.63, 3.8) is 0 Å². The molecule has 2 nitrogen and oxygen atoms in total. The summed E-state index contributed by atoms with van der Waals surface area (Å²) in [4.78, 5) is 1.14. The van der Waals surface area contributed by atoms with Crippen molar-refractivity contribution in [1.82, 2.24) is 5.43 Å². The lowest BCUT2D eigenvalue weighted by Crippen LogP contribution is -1.92. The highest BCUT2D eigenvalue weighted by Crippen LogP contribution is 2.20. The number of halogens is 1. The molecule has 54 valence electrons. The molecule has 1 aromatic heterocycles. The highest BCUT2D eigenvalue weighted by Gasteiger charge is 1.91. The topological polar surface area (TPSA) is 24.4 Å². The summed E-state index contributed by atoms with van der Waals surface area (Å²) in [6, 6.07) is 4.01. The Labute approximate surface area is 72.1 Å². The van der Waals surface area contributed by atoms with E-state index >= 15 is 0 Å². The van der Waals surface area contributed by atoms with Crippen LogP contribution in [0, 0.1) is 0 Å². The third-order valence-electron chi connectivity index (χ3n) is 0.915. The summed E-state index contributed by atoms with van der Waals surface area (Å²) in [5.41, 5.74) is 2.69. The van der Waals surface area contributed by atoms with E-state index in [9.17, 15) is 0 Å². The Morgan fingerprint density at radius 3 is 3.00 bits per heavy atom. The molecule has 1 rings (SSSR count). The molecule has 0 saturated carbocycles. The van der Waals surface area contributed by atoms with Gasteiger partial charge >= 0.3 is 0 Å². The zero-order chi connectivity index (χ0) is 7.40. The third-order valence-corrected chi connectivity index (χ3v) is 2.47. The molecule has 0 radical (unpaired) electrons. The van der Waals surface area contributed by atoms with Crippen LogP contribution in [0.2, 0.25) is 0 Å². The SMILES string of the molecule is CN/N=C/c1ccc(Br)s1. The predicted octanol–water partition coefficient (Wildman–Crippen LogP) is 2.06. The van der Waals surface area contributed by atoms with E-state index in [0.717, 1.165) is 8.66 Å². The van der Waals surface area contributed by atoms with E-state index in [2.05, 4.69) is 26.5 Å². The van der Waals surface area contributed by atoms with Crippen LogP contribution in [-0.2, 0) is 0 Å². The van der Waals surface area contributed by atoms with Gasteiger partial charge in [-0.3, -0.25) is 0 Å². The van der Waals surface area contributed by atoms with Gasteiger partial charge in [0.2, 0.25) is 0 Å². The molecular formula is C6H7BrN2S. The summed E-state index contributed by atoms with van der Waals surface area (Å²) in [5.74, 6) is 0. The van der Waals surface area contributed by atoms with E-state index in [1.54, 1.807) is 24.6 Å². The largest absolute Gasteiger partial charge is 0.313 e. The van der Waals surface area contributed by atoms with Crippen molar-refractivity contribution in [1.29, 1.82) is 0 Å². The summed E-state index contributed by atoms with van der Waals surface area (Å²) in [5, 5.41) is 3.87. The van der Waals surface area contributed by atoms with Crippen LogP contribution in [0.5, 0.6) is 0 Å². The minimum absolute atomic E-state index is 1.13. The predicted molar refractivity (Wildman–Crippen MR) is 48.7 cm³/mol. The van der Waals surface area contributed by atoms with Gasteiger partial charge in [-0.05, 0) is 28.1 Å². The first-order valence-corrected chi connectivity index (χ1v) is 4.39. The molecule has 0 aromatic carbocycles. The summed E-state index contributed by atoms with van der Waals surface area (Å²) in [6.07, 6.45) is 1.79. The molecule has 0 bridgehead atoms. The molecule has 0 atom stereocenters. The van der Waals surface area contributed by atoms with E-state index < -0.39 is 0 Å². The number of rotatable bonds is 2. The number of nitrogens with zero attached hydrogens (tertiary/aromatic N) is 1. The van der Waals surface area contributed by atoms with Crippen LogP contribution in [0.1, 0.15) is 4.88 Å². The van der Waals surface area contributed by atoms with Gasteiger partial charge in [0, 0.05) is 11.9 Å². The van der Waals surface area contributed by atoms with Gasteiger partial charge in [0.15, 0.2) is 0 Å². The smallest absolute Gasteiger partial charge is 0.0705 e. The minimum atomic E-state index is 1.13. The van der Waals surface area contributed by atoms with Gasteiger partial charge in [0.25, 0.3) is 0 Å².